The van der Waals surface area contributed by atoms with Crippen LogP contribution in [0.4, 0.5) is 8.78 Å². The van der Waals surface area contributed by atoms with Crippen LogP contribution in [-0.4, -0.2) is 0 Å². The highest BCUT2D eigenvalue weighted by atomic mass is 35.5. The van der Waals surface area contributed by atoms with Crippen LogP contribution in [0.2, 0.25) is 0 Å². The molecule has 1 aromatic rings. The standard InChI is InChI=1S/C17H23ClF2/c1-17(2,3)12-6-4-11(5-7-12)16(18)14-9-8-13(19)10-15(14)20/h8-12,16H,4-7H2,1-3H3. The van der Waals surface area contributed by atoms with Gasteiger partial charge in [-0.05, 0) is 49.0 Å². The molecule has 0 heterocycles. The van der Waals surface area contributed by atoms with E-state index in [9.17, 15) is 8.78 Å². The van der Waals surface area contributed by atoms with Gasteiger partial charge in [0.05, 0.1) is 5.38 Å². The topological polar surface area (TPSA) is 0 Å². The van der Waals surface area contributed by atoms with Gasteiger partial charge < -0.3 is 0 Å². The van der Waals surface area contributed by atoms with Crippen molar-refractivity contribution in [2.24, 2.45) is 17.3 Å². The summed E-state index contributed by atoms with van der Waals surface area (Å²) < 4.78 is 26.7. The first-order chi connectivity index (χ1) is 9.29. The molecule has 1 fully saturated rings. The number of rotatable bonds is 2. The van der Waals surface area contributed by atoms with Crippen molar-refractivity contribution in [3.8, 4) is 0 Å². The Balaban J connectivity index is 2.03. The molecule has 112 valence electrons. The Morgan fingerprint density at radius 2 is 1.70 bits per heavy atom. The van der Waals surface area contributed by atoms with Crippen LogP contribution in [0, 0.1) is 28.9 Å². The zero-order valence-electron chi connectivity index (χ0n) is 12.4. The molecular weight excluding hydrogens is 278 g/mol. The van der Waals surface area contributed by atoms with Gasteiger partial charge in [0.2, 0.25) is 0 Å². The van der Waals surface area contributed by atoms with Crippen LogP contribution in [0.1, 0.15) is 57.4 Å². The molecule has 1 atom stereocenters. The van der Waals surface area contributed by atoms with Gasteiger partial charge in [0.1, 0.15) is 11.6 Å². The van der Waals surface area contributed by atoms with Gasteiger partial charge in [0.25, 0.3) is 0 Å². The largest absolute Gasteiger partial charge is 0.207 e. The molecule has 0 radical (unpaired) electrons. The maximum absolute atomic E-state index is 13.8. The minimum absolute atomic E-state index is 0.287. The average Bonchev–Trinajstić information content (AvgIpc) is 2.37. The first-order valence-corrected chi connectivity index (χ1v) is 7.81. The molecule has 0 spiro atoms. The lowest BCUT2D eigenvalue weighted by atomic mass is 9.69. The SMILES string of the molecule is CC(C)(C)C1CCC(C(Cl)c2ccc(F)cc2F)CC1. The Kier molecular flexibility index (Phi) is 4.73. The summed E-state index contributed by atoms with van der Waals surface area (Å²) in [7, 11) is 0. The van der Waals surface area contributed by atoms with E-state index < -0.39 is 11.6 Å². The van der Waals surface area contributed by atoms with Crippen molar-refractivity contribution < 1.29 is 8.78 Å². The first-order valence-electron chi connectivity index (χ1n) is 7.38. The molecule has 3 heteroatoms. The lowest BCUT2D eigenvalue weighted by molar-refractivity contribution is 0.148. The predicted molar refractivity (Wildman–Crippen MR) is 79.9 cm³/mol. The number of hydrogen-bond acceptors (Lipinski definition) is 0. The van der Waals surface area contributed by atoms with Crippen molar-refractivity contribution in [3.63, 3.8) is 0 Å². The molecule has 0 N–H and O–H groups in total. The Morgan fingerprint density at radius 3 is 2.20 bits per heavy atom. The van der Waals surface area contributed by atoms with E-state index in [0.717, 1.165) is 31.7 Å². The quantitative estimate of drug-likeness (QED) is 0.579. The van der Waals surface area contributed by atoms with Crippen LogP contribution < -0.4 is 0 Å². The maximum atomic E-state index is 13.8. The Hall–Kier alpha value is -0.630. The molecule has 1 aliphatic carbocycles. The van der Waals surface area contributed by atoms with Gasteiger partial charge in [0, 0.05) is 11.6 Å². The molecular formula is C17H23ClF2. The van der Waals surface area contributed by atoms with Crippen molar-refractivity contribution in [2.75, 3.05) is 0 Å². The summed E-state index contributed by atoms with van der Waals surface area (Å²) in [5.74, 6) is -0.0783. The summed E-state index contributed by atoms with van der Waals surface area (Å²) in [5.41, 5.74) is 0.765. The highest BCUT2D eigenvalue weighted by Gasteiger charge is 2.33. The second-order valence-electron chi connectivity index (χ2n) is 7.05. The van der Waals surface area contributed by atoms with Crippen molar-refractivity contribution in [2.45, 2.75) is 51.8 Å². The van der Waals surface area contributed by atoms with Gasteiger partial charge >= 0.3 is 0 Å². The van der Waals surface area contributed by atoms with Crippen molar-refractivity contribution in [1.29, 1.82) is 0 Å². The molecule has 1 aliphatic rings. The minimum Gasteiger partial charge on any atom is -0.207 e. The summed E-state index contributed by atoms with van der Waals surface area (Å²) in [5, 5.41) is -0.350. The average molecular weight is 301 g/mol. The van der Waals surface area contributed by atoms with E-state index in [-0.39, 0.29) is 11.3 Å². The smallest absolute Gasteiger partial charge is 0.130 e. The Morgan fingerprint density at radius 1 is 1.10 bits per heavy atom. The molecule has 0 aliphatic heterocycles. The second kappa shape index (κ2) is 6.01. The molecule has 0 amide bonds. The van der Waals surface area contributed by atoms with E-state index in [2.05, 4.69) is 20.8 Å². The monoisotopic (exact) mass is 300 g/mol. The van der Waals surface area contributed by atoms with E-state index in [1.54, 1.807) is 0 Å². The minimum atomic E-state index is -0.549. The molecule has 1 aromatic carbocycles. The number of hydrogen-bond donors (Lipinski definition) is 0. The Labute approximate surface area is 125 Å². The second-order valence-corrected chi connectivity index (χ2v) is 7.52. The summed E-state index contributed by atoms with van der Waals surface area (Å²) in [6, 6.07) is 3.69. The highest BCUT2D eigenvalue weighted by molar-refractivity contribution is 6.21. The van der Waals surface area contributed by atoms with E-state index in [1.165, 1.54) is 12.1 Å². The van der Waals surface area contributed by atoms with Gasteiger partial charge in [-0.3, -0.25) is 0 Å². The molecule has 2 rings (SSSR count). The third kappa shape index (κ3) is 3.52. The summed E-state index contributed by atoms with van der Waals surface area (Å²) in [6.07, 6.45) is 4.32. The van der Waals surface area contributed by atoms with Gasteiger partial charge in [-0.25, -0.2) is 8.78 Å². The third-order valence-corrected chi connectivity index (χ3v) is 5.26. The van der Waals surface area contributed by atoms with Crippen molar-refractivity contribution in [3.05, 3.63) is 35.4 Å². The van der Waals surface area contributed by atoms with Crippen LogP contribution in [0.15, 0.2) is 18.2 Å². The van der Waals surface area contributed by atoms with Gasteiger partial charge in [-0.2, -0.15) is 0 Å². The zero-order chi connectivity index (χ0) is 14.9. The van der Waals surface area contributed by atoms with Crippen molar-refractivity contribution in [1.82, 2.24) is 0 Å². The van der Waals surface area contributed by atoms with Crippen LogP contribution >= 0.6 is 11.6 Å². The molecule has 1 unspecified atom stereocenters. The fourth-order valence-electron chi connectivity index (χ4n) is 3.26. The third-order valence-electron chi connectivity index (χ3n) is 4.67. The van der Waals surface area contributed by atoms with E-state index in [0.29, 0.717) is 16.9 Å². The first kappa shape index (κ1) is 15.8. The van der Waals surface area contributed by atoms with Gasteiger partial charge in [0.15, 0.2) is 0 Å². The molecule has 0 nitrogen and oxygen atoms in total. The fourth-order valence-corrected chi connectivity index (χ4v) is 3.69. The van der Waals surface area contributed by atoms with Crippen LogP contribution in [0.25, 0.3) is 0 Å². The van der Waals surface area contributed by atoms with Crippen LogP contribution in [0.5, 0.6) is 0 Å². The molecule has 1 saturated carbocycles. The number of halogens is 3. The summed E-state index contributed by atoms with van der Waals surface area (Å²) in [4.78, 5) is 0. The van der Waals surface area contributed by atoms with E-state index >= 15 is 0 Å². The normalized spacial score (nSPS) is 25.5. The summed E-state index contributed by atoms with van der Waals surface area (Å²) >= 11 is 6.44. The number of alkyl halides is 1. The predicted octanol–water partition coefficient (Wildman–Crippen LogP) is 6.10. The molecule has 20 heavy (non-hydrogen) atoms. The maximum Gasteiger partial charge on any atom is 0.130 e. The van der Waals surface area contributed by atoms with Crippen LogP contribution in [0.3, 0.4) is 0 Å². The Bertz CT molecular complexity index is 457. The van der Waals surface area contributed by atoms with E-state index in [1.807, 2.05) is 0 Å². The molecule has 0 bridgehead atoms. The lowest BCUT2D eigenvalue weighted by Crippen LogP contribution is -2.27. The zero-order valence-corrected chi connectivity index (χ0v) is 13.2. The van der Waals surface area contributed by atoms with Crippen molar-refractivity contribution >= 4 is 11.6 Å². The van der Waals surface area contributed by atoms with E-state index in [4.69, 9.17) is 11.6 Å². The highest BCUT2D eigenvalue weighted by Crippen LogP contribution is 2.45. The lowest BCUT2D eigenvalue weighted by Gasteiger charge is -2.38. The number of benzene rings is 1. The van der Waals surface area contributed by atoms with Crippen LogP contribution in [-0.2, 0) is 0 Å². The molecule has 0 aromatic heterocycles. The van der Waals surface area contributed by atoms with Gasteiger partial charge in [-0.1, -0.05) is 26.8 Å². The van der Waals surface area contributed by atoms with Gasteiger partial charge in [-0.15, -0.1) is 11.6 Å². The summed E-state index contributed by atoms with van der Waals surface area (Å²) in [6.45, 7) is 6.82. The molecule has 0 saturated heterocycles. The fraction of sp³-hybridized carbons (Fsp3) is 0.647.